The Morgan fingerprint density at radius 2 is 1.26 bits per heavy atom. The molecule has 38 heavy (non-hydrogen) atoms. The van der Waals surface area contributed by atoms with Crippen molar-refractivity contribution in [1.82, 2.24) is 0 Å². The second kappa shape index (κ2) is 12.6. The normalized spacial score (nSPS) is 16.4. The van der Waals surface area contributed by atoms with Gasteiger partial charge in [0, 0.05) is 0 Å². The van der Waals surface area contributed by atoms with Crippen molar-refractivity contribution in [2.75, 3.05) is 6.61 Å². The van der Waals surface area contributed by atoms with E-state index in [1.54, 1.807) is 36.4 Å². The van der Waals surface area contributed by atoms with Gasteiger partial charge in [0.1, 0.15) is 18.3 Å². The molecule has 0 aromatic heterocycles. The minimum absolute atomic E-state index is 0.00486. The highest BCUT2D eigenvalue weighted by Crippen LogP contribution is 2.40. The molecule has 0 saturated carbocycles. The third kappa shape index (κ3) is 8.34. The molecule has 0 aliphatic carbocycles. The minimum Gasteiger partial charge on any atom is -0.453 e. The van der Waals surface area contributed by atoms with E-state index in [9.17, 15) is 15.0 Å². The standard InChI is InChI=1S/C30H48O6Si2/c1-29(2,3)37(7,8)34-21-24(35-28(33)23-19-15-12-16-20-23)26(32)27(36-38(9,10)30(4,5)6)25(31)22-17-13-11-14-18-22/h11-20,24-27,31-32H,21H2,1-10H3/t24-,25+,26+,27+/m0/s1. The SMILES string of the molecule is CC(C)(C)[Si](C)(C)OC[C@H](OC(=O)c1ccccc1)[C@@H](O)[C@H](O[Si](C)(C)C(C)(C)C)[C@H](O)c1ccccc1. The van der Waals surface area contributed by atoms with E-state index in [0.29, 0.717) is 11.1 Å². The fourth-order valence-corrected chi connectivity index (χ4v) is 5.69. The Kier molecular flexibility index (Phi) is 10.7. The maximum atomic E-state index is 13.1. The summed E-state index contributed by atoms with van der Waals surface area (Å²) in [5.74, 6) is -0.561. The van der Waals surface area contributed by atoms with Crippen LogP contribution in [0, 0.1) is 0 Å². The van der Waals surface area contributed by atoms with Crippen molar-refractivity contribution >= 4 is 22.6 Å². The molecule has 2 aromatic carbocycles. The van der Waals surface area contributed by atoms with Crippen LogP contribution in [-0.2, 0) is 13.6 Å². The van der Waals surface area contributed by atoms with Crippen molar-refractivity contribution in [3.05, 3.63) is 71.8 Å². The zero-order chi connectivity index (χ0) is 28.9. The van der Waals surface area contributed by atoms with Crippen molar-refractivity contribution in [2.24, 2.45) is 0 Å². The van der Waals surface area contributed by atoms with Gasteiger partial charge < -0.3 is 23.8 Å². The van der Waals surface area contributed by atoms with Crippen LogP contribution in [0.4, 0.5) is 0 Å². The molecule has 2 rings (SSSR count). The average molecular weight is 561 g/mol. The van der Waals surface area contributed by atoms with Crippen molar-refractivity contribution in [1.29, 1.82) is 0 Å². The third-order valence-electron chi connectivity index (χ3n) is 8.09. The fourth-order valence-electron chi connectivity index (χ4n) is 3.38. The van der Waals surface area contributed by atoms with E-state index < -0.39 is 47.0 Å². The first kappa shape index (κ1) is 32.4. The number of hydrogen-bond acceptors (Lipinski definition) is 6. The van der Waals surface area contributed by atoms with Gasteiger partial charge in [-0.25, -0.2) is 4.79 Å². The smallest absolute Gasteiger partial charge is 0.338 e. The highest BCUT2D eigenvalue weighted by atomic mass is 28.4. The molecule has 8 heteroatoms. The predicted molar refractivity (Wildman–Crippen MR) is 158 cm³/mol. The summed E-state index contributed by atoms with van der Waals surface area (Å²) in [6, 6.07) is 17.8. The molecule has 0 spiro atoms. The molecule has 0 radical (unpaired) electrons. The summed E-state index contributed by atoms with van der Waals surface area (Å²) in [5, 5.41) is 23.1. The van der Waals surface area contributed by atoms with Crippen molar-refractivity contribution in [3.63, 3.8) is 0 Å². The van der Waals surface area contributed by atoms with Gasteiger partial charge in [-0.15, -0.1) is 0 Å². The van der Waals surface area contributed by atoms with E-state index in [2.05, 4.69) is 67.7 Å². The van der Waals surface area contributed by atoms with Gasteiger partial charge in [-0.3, -0.25) is 0 Å². The molecule has 6 nitrogen and oxygen atoms in total. The lowest BCUT2D eigenvalue weighted by Gasteiger charge is -2.43. The van der Waals surface area contributed by atoms with E-state index in [1.807, 2.05) is 24.3 Å². The quantitative estimate of drug-likeness (QED) is 0.234. The molecule has 0 heterocycles. The van der Waals surface area contributed by atoms with Gasteiger partial charge in [0.2, 0.25) is 0 Å². The van der Waals surface area contributed by atoms with Crippen molar-refractivity contribution in [3.8, 4) is 0 Å². The predicted octanol–water partition coefficient (Wildman–Crippen LogP) is 6.72. The lowest BCUT2D eigenvalue weighted by Crippen LogP contribution is -2.54. The van der Waals surface area contributed by atoms with Crippen LogP contribution in [0.2, 0.25) is 36.3 Å². The highest BCUT2D eigenvalue weighted by molar-refractivity contribution is 6.74. The van der Waals surface area contributed by atoms with Gasteiger partial charge in [-0.1, -0.05) is 90.1 Å². The molecule has 0 unspecified atom stereocenters. The summed E-state index contributed by atoms with van der Waals surface area (Å²) < 4.78 is 19.0. The molecular weight excluding hydrogens is 512 g/mol. The van der Waals surface area contributed by atoms with Crippen LogP contribution >= 0.6 is 0 Å². The first-order valence-electron chi connectivity index (χ1n) is 13.4. The van der Waals surface area contributed by atoms with Crippen LogP contribution in [0.3, 0.4) is 0 Å². The number of aliphatic hydroxyl groups excluding tert-OH is 2. The van der Waals surface area contributed by atoms with Gasteiger partial charge in [0.15, 0.2) is 22.7 Å². The van der Waals surface area contributed by atoms with E-state index >= 15 is 0 Å². The van der Waals surface area contributed by atoms with Gasteiger partial charge >= 0.3 is 5.97 Å². The molecule has 2 aromatic rings. The lowest BCUT2D eigenvalue weighted by molar-refractivity contribution is -0.113. The summed E-state index contributed by atoms with van der Waals surface area (Å²) in [5.41, 5.74) is 0.996. The zero-order valence-electron chi connectivity index (χ0n) is 24.8. The molecular formula is C30H48O6Si2. The van der Waals surface area contributed by atoms with E-state index in [4.69, 9.17) is 13.6 Å². The highest BCUT2D eigenvalue weighted by Gasteiger charge is 2.46. The van der Waals surface area contributed by atoms with Crippen LogP contribution in [0.25, 0.3) is 0 Å². The summed E-state index contributed by atoms with van der Waals surface area (Å²) in [7, 11) is -4.70. The molecule has 212 valence electrons. The number of esters is 1. The topological polar surface area (TPSA) is 85.2 Å². The van der Waals surface area contributed by atoms with Crippen LogP contribution in [0.1, 0.15) is 63.6 Å². The molecule has 0 saturated heterocycles. The number of carbonyl (C=O) groups excluding carboxylic acids is 1. The number of aliphatic hydroxyl groups is 2. The largest absolute Gasteiger partial charge is 0.453 e. The Morgan fingerprint density at radius 3 is 1.74 bits per heavy atom. The van der Waals surface area contributed by atoms with Gasteiger partial charge in [0.25, 0.3) is 0 Å². The first-order valence-corrected chi connectivity index (χ1v) is 19.2. The molecule has 0 aliphatic heterocycles. The number of benzene rings is 2. The monoisotopic (exact) mass is 560 g/mol. The second-order valence-electron chi connectivity index (χ2n) is 13.1. The summed E-state index contributed by atoms with van der Waals surface area (Å²) in [6.07, 6.45) is -4.55. The minimum atomic E-state index is -2.46. The number of ether oxygens (including phenoxy) is 1. The Labute approximate surface area is 231 Å². The van der Waals surface area contributed by atoms with E-state index in [0.717, 1.165) is 0 Å². The lowest BCUT2D eigenvalue weighted by atomic mass is 9.97. The second-order valence-corrected chi connectivity index (χ2v) is 22.6. The molecule has 0 bridgehead atoms. The van der Waals surface area contributed by atoms with Crippen LogP contribution < -0.4 is 0 Å². The third-order valence-corrected chi connectivity index (χ3v) is 17.1. The fraction of sp³-hybridized carbons (Fsp3) is 0.567. The molecule has 4 atom stereocenters. The Bertz CT molecular complexity index is 1010. The van der Waals surface area contributed by atoms with Crippen LogP contribution in [0.5, 0.6) is 0 Å². The van der Waals surface area contributed by atoms with Crippen molar-refractivity contribution in [2.45, 2.75) is 102 Å². The number of carbonyl (C=O) groups is 1. The molecule has 0 amide bonds. The van der Waals surface area contributed by atoms with Crippen molar-refractivity contribution < 1.29 is 28.6 Å². The number of hydrogen-bond donors (Lipinski definition) is 2. The Balaban J connectivity index is 2.48. The number of rotatable bonds is 11. The zero-order valence-corrected chi connectivity index (χ0v) is 26.8. The van der Waals surface area contributed by atoms with Gasteiger partial charge in [0.05, 0.1) is 12.2 Å². The van der Waals surface area contributed by atoms with E-state index in [1.165, 1.54) is 0 Å². The van der Waals surface area contributed by atoms with Crippen LogP contribution in [-0.4, -0.2) is 57.7 Å². The summed E-state index contributed by atoms with van der Waals surface area (Å²) >= 11 is 0. The van der Waals surface area contributed by atoms with E-state index in [-0.39, 0.29) is 16.7 Å². The maximum absolute atomic E-state index is 13.1. The molecule has 0 aliphatic rings. The van der Waals surface area contributed by atoms with Gasteiger partial charge in [-0.05, 0) is 54.0 Å². The summed E-state index contributed by atoms with van der Waals surface area (Å²) in [4.78, 5) is 13.1. The Morgan fingerprint density at radius 1 is 0.789 bits per heavy atom. The average Bonchev–Trinajstić information content (AvgIpc) is 2.83. The first-order chi connectivity index (χ1) is 17.4. The Hall–Kier alpha value is -1.82. The van der Waals surface area contributed by atoms with Crippen LogP contribution in [0.15, 0.2) is 60.7 Å². The summed E-state index contributed by atoms with van der Waals surface area (Å²) in [6.45, 7) is 21.0. The molecule has 2 N–H and O–H groups in total. The van der Waals surface area contributed by atoms with Gasteiger partial charge in [-0.2, -0.15) is 0 Å². The maximum Gasteiger partial charge on any atom is 0.338 e. The molecule has 0 fully saturated rings.